The van der Waals surface area contributed by atoms with Crippen LogP contribution in [0.4, 0.5) is 21.6 Å². The molecular formula is C20H18FN3O. The average Bonchev–Trinajstić information content (AvgIpc) is 2.57. The third-order valence-corrected chi connectivity index (χ3v) is 3.59. The molecule has 4 nitrogen and oxygen atoms in total. The van der Waals surface area contributed by atoms with Crippen molar-refractivity contribution < 1.29 is 9.18 Å². The largest absolute Gasteiger partial charge is 0.354 e. The summed E-state index contributed by atoms with van der Waals surface area (Å²) >= 11 is 0. The molecule has 0 atom stereocenters. The maximum atomic E-state index is 13.1. The summed E-state index contributed by atoms with van der Waals surface area (Å²) in [6, 6.07) is 17.6. The molecule has 0 aliphatic carbocycles. The Morgan fingerprint density at radius 2 is 1.88 bits per heavy atom. The minimum absolute atomic E-state index is 0.0999. The number of halogens is 1. The molecular weight excluding hydrogens is 317 g/mol. The van der Waals surface area contributed by atoms with Gasteiger partial charge >= 0.3 is 0 Å². The minimum Gasteiger partial charge on any atom is -0.354 e. The number of pyridine rings is 1. The Labute approximate surface area is 145 Å². The molecule has 5 heteroatoms. The second kappa shape index (κ2) is 7.57. The van der Waals surface area contributed by atoms with Gasteiger partial charge in [-0.1, -0.05) is 24.3 Å². The van der Waals surface area contributed by atoms with Gasteiger partial charge in [-0.3, -0.25) is 4.79 Å². The summed E-state index contributed by atoms with van der Waals surface area (Å²) in [5, 5.41) is 5.96. The SMILES string of the molecule is Cc1cccc(Nc2ccc(NC(=O)Cc3cccc(F)c3)nc2)c1. The molecule has 1 aromatic heterocycles. The fraction of sp³-hybridized carbons (Fsp3) is 0.100. The molecule has 2 N–H and O–H groups in total. The highest BCUT2D eigenvalue weighted by molar-refractivity contribution is 5.91. The predicted molar refractivity (Wildman–Crippen MR) is 97.4 cm³/mol. The second-order valence-corrected chi connectivity index (χ2v) is 5.78. The molecule has 2 aromatic carbocycles. The Morgan fingerprint density at radius 1 is 1.04 bits per heavy atom. The monoisotopic (exact) mass is 335 g/mol. The Morgan fingerprint density at radius 3 is 2.60 bits per heavy atom. The van der Waals surface area contributed by atoms with Crippen molar-refractivity contribution in [2.45, 2.75) is 13.3 Å². The zero-order valence-electron chi connectivity index (χ0n) is 13.8. The van der Waals surface area contributed by atoms with E-state index in [1.807, 2.05) is 37.3 Å². The zero-order valence-corrected chi connectivity index (χ0v) is 13.8. The molecule has 0 aliphatic rings. The molecule has 1 amide bonds. The first-order chi connectivity index (χ1) is 12.1. The van der Waals surface area contributed by atoms with Crippen molar-refractivity contribution >= 4 is 23.1 Å². The molecule has 3 aromatic rings. The fourth-order valence-corrected chi connectivity index (χ4v) is 2.45. The quantitative estimate of drug-likeness (QED) is 0.724. The van der Waals surface area contributed by atoms with Gasteiger partial charge in [-0.15, -0.1) is 0 Å². The Balaban J connectivity index is 1.59. The van der Waals surface area contributed by atoms with Crippen molar-refractivity contribution in [3.05, 3.63) is 83.8 Å². The lowest BCUT2D eigenvalue weighted by atomic mass is 10.1. The first-order valence-corrected chi connectivity index (χ1v) is 7.92. The second-order valence-electron chi connectivity index (χ2n) is 5.78. The van der Waals surface area contributed by atoms with Gasteiger partial charge in [-0.05, 0) is 54.4 Å². The average molecular weight is 335 g/mol. The van der Waals surface area contributed by atoms with Gasteiger partial charge < -0.3 is 10.6 Å². The first-order valence-electron chi connectivity index (χ1n) is 7.92. The van der Waals surface area contributed by atoms with Crippen molar-refractivity contribution in [1.82, 2.24) is 4.98 Å². The van der Waals surface area contributed by atoms with Gasteiger partial charge in [0.2, 0.25) is 5.91 Å². The fourth-order valence-electron chi connectivity index (χ4n) is 2.45. The molecule has 0 unspecified atom stereocenters. The van der Waals surface area contributed by atoms with Crippen LogP contribution < -0.4 is 10.6 Å². The lowest BCUT2D eigenvalue weighted by Crippen LogP contribution is -2.15. The highest BCUT2D eigenvalue weighted by Gasteiger charge is 2.06. The van der Waals surface area contributed by atoms with Gasteiger partial charge in [0.05, 0.1) is 18.3 Å². The lowest BCUT2D eigenvalue weighted by molar-refractivity contribution is -0.115. The third-order valence-electron chi connectivity index (χ3n) is 3.59. The number of aromatic nitrogens is 1. The molecule has 3 rings (SSSR count). The van der Waals surface area contributed by atoms with Crippen molar-refractivity contribution in [3.8, 4) is 0 Å². The van der Waals surface area contributed by atoms with E-state index >= 15 is 0 Å². The first kappa shape index (κ1) is 16.6. The Kier molecular flexibility index (Phi) is 5.04. The van der Waals surface area contributed by atoms with Gasteiger partial charge in [0.25, 0.3) is 0 Å². The van der Waals surface area contributed by atoms with Gasteiger partial charge in [-0.2, -0.15) is 0 Å². The molecule has 0 radical (unpaired) electrons. The van der Waals surface area contributed by atoms with E-state index in [1.54, 1.807) is 24.4 Å². The van der Waals surface area contributed by atoms with Crippen LogP contribution in [0.25, 0.3) is 0 Å². The molecule has 0 spiro atoms. The topological polar surface area (TPSA) is 54.0 Å². The number of hydrogen-bond donors (Lipinski definition) is 2. The van der Waals surface area contributed by atoms with Gasteiger partial charge in [0.15, 0.2) is 0 Å². The number of amides is 1. The standard InChI is InChI=1S/C20H18FN3O/c1-14-4-2-7-17(10-14)23-18-8-9-19(22-13-18)24-20(25)12-15-5-3-6-16(21)11-15/h2-11,13,23H,12H2,1H3,(H,22,24,25). The van der Waals surface area contributed by atoms with Crippen molar-refractivity contribution in [1.29, 1.82) is 0 Å². The molecule has 1 heterocycles. The molecule has 126 valence electrons. The summed E-state index contributed by atoms with van der Waals surface area (Å²) in [5.74, 6) is -0.135. The van der Waals surface area contributed by atoms with Crippen LogP contribution in [0.1, 0.15) is 11.1 Å². The van der Waals surface area contributed by atoms with E-state index in [0.29, 0.717) is 11.4 Å². The number of carbonyl (C=O) groups excluding carboxylic acids is 1. The number of nitrogens with one attached hydrogen (secondary N) is 2. The Hall–Kier alpha value is -3.21. The van der Waals surface area contributed by atoms with E-state index in [9.17, 15) is 9.18 Å². The highest BCUT2D eigenvalue weighted by atomic mass is 19.1. The van der Waals surface area contributed by atoms with Crippen LogP contribution in [0.15, 0.2) is 66.9 Å². The number of benzene rings is 2. The van der Waals surface area contributed by atoms with Crippen molar-refractivity contribution in [3.63, 3.8) is 0 Å². The van der Waals surface area contributed by atoms with E-state index in [-0.39, 0.29) is 18.1 Å². The molecule has 0 aliphatic heterocycles. The number of anilines is 3. The normalized spacial score (nSPS) is 10.3. The molecule has 0 saturated carbocycles. The lowest BCUT2D eigenvalue weighted by Gasteiger charge is -2.08. The van der Waals surface area contributed by atoms with E-state index in [0.717, 1.165) is 11.4 Å². The van der Waals surface area contributed by atoms with Crippen LogP contribution in [0.2, 0.25) is 0 Å². The number of rotatable bonds is 5. The van der Waals surface area contributed by atoms with Crippen LogP contribution in [0, 0.1) is 12.7 Å². The van der Waals surface area contributed by atoms with Crippen molar-refractivity contribution in [2.24, 2.45) is 0 Å². The molecule has 0 saturated heterocycles. The minimum atomic E-state index is -0.352. The molecule has 25 heavy (non-hydrogen) atoms. The van der Waals surface area contributed by atoms with E-state index in [4.69, 9.17) is 0 Å². The van der Waals surface area contributed by atoms with Gasteiger partial charge in [0, 0.05) is 5.69 Å². The zero-order chi connectivity index (χ0) is 17.6. The van der Waals surface area contributed by atoms with Crippen LogP contribution >= 0.6 is 0 Å². The molecule has 0 bridgehead atoms. The van der Waals surface area contributed by atoms with E-state index in [1.165, 1.54) is 17.7 Å². The predicted octanol–water partition coefficient (Wildman–Crippen LogP) is 4.45. The van der Waals surface area contributed by atoms with Crippen LogP contribution in [0.3, 0.4) is 0 Å². The number of carbonyl (C=O) groups is 1. The summed E-state index contributed by atoms with van der Waals surface area (Å²) in [6.07, 6.45) is 1.75. The summed E-state index contributed by atoms with van der Waals surface area (Å²) < 4.78 is 13.1. The summed E-state index contributed by atoms with van der Waals surface area (Å²) in [7, 11) is 0. The van der Waals surface area contributed by atoms with E-state index < -0.39 is 0 Å². The molecule has 0 fully saturated rings. The maximum Gasteiger partial charge on any atom is 0.229 e. The van der Waals surface area contributed by atoms with Crippen molar-refractivity contribution in [2.75, 3.05) is 10.6 Å². The third kappa shape index (κ3) is 4.88. The summed E-state index contributed by atoms with van der Waals surface area (Å²) in [5.41, 5.74) is 3.59. The van der Waals surface area contributed by atoms with Gasteiger partial charge in [0.1, 0.15) is 11.6 Å². The number of hydrogen-bond acceptors (Lipinski definition) is 3. The number of nitrogens with zero attached hydrogens (tertiary/aromatic N) is 1. The maximum absolute atomic E-state index is 13.1. The number of aryl methyl sites for hydroxylation is 1. The van der Waals surface area contributed by atoms with Gasteiger partial charge in [-0.25, -0.2) is 9.37 Å². The highest BCUT2D eigenvalue weighted by Crippen LogP contribution is 2.18. The van der Waals surface area contributed by atoms with Crippen LogP contribution in [0.5, 0.6) is 0 Å². The Bertz CT molecular complexity index is 878. The van der Waals surface area contributed by atoms with E-state index in [2.05, 4.69) is 15.6 Å². The summed E-state index contributed by atoms with van der Waals surface area (Å²) in [6.45, 7) is 2.03. The summed E-state index contributed by atoms with van der Waals surface area (Å²) in [4.78, 5) is 16.2. The van der Waals surface area contributed by atoms with Crippen LogP contribution in [-0.4, -0.2) is 10.9 Å². The van der Waals surface area contributed by atoms with Crippen LogP contribution in [-0.2, 0) is 11.2 Å². The smallest absolute Gasteiger partial charge is 0.229 e.